The van der Waals surface area contributed by atoms with Crippen molar-refractivity contribution in [2.45, 2.75) is 38.0 Å². The predicted molar refractivity (Wildman–Crippen MR) is 143 cm³/mol. The van der Waals surface area contributed by atoms with Crippen molar-refractivity contribution < 1.29 is 27.9 Å². The number of nitrogens with two attached hydrogens (primary N) is 1. The van der Waals surface area contributed by atoms with Crippen LogP contribution >= 0.6 is 11.6 Å². The minimum absolute atomic E-state index is 0.0490. The zero-order valence-electron chi connectivity index (χ0n) is 21.2. The van der Waals surface area contributed by atoms with Crippen LogP contribution in [0.2, 0.25) is 5.02 Å². The molecule has 10 nitrogen and oxygen atoms in total. The van der Waals surface area contributed by atoms with Gasteiger partial charge in [0.25, 0.3) is 5.91 Å². The van der Waals surface area contributed by atoms with E-state index in [0.29, 0.717) is 22.5 Å². The van der Waals surface area contributed by atoms with E-state index in [1.807, 2.05) is 0 Å². The van der Waals surface area contributed by atoms with E-state index < -0.39 is 29.8 Å². The first-order valence-corrected chi connectivity index (χ1v) is 12.9. The molecule has 208 valence electrons. The molecule has 2 aromatic carbocycles. The highest BCUT2D eigenvalue weighted by atomic mass is 35.5. The first-order chi connectivity index (χ1) is 19.2. The molecule has 40 heavy (non-hydrogen) atoms. The van der Waals surface area contributed by atoms with Crippen molar-refractivity contribution in [3.8, 4) is 5.75 Å². The number of rotatable bonds is 10. The highest BCUT2D eigenvalue weighted by Crippen LogP contribution is 2.28. The molecule has 1 aromatic heterocycles. The molecule has 5 rings (SSSR count). The number of primary amides is 1. The quantitative estimate of drug-likeness (QED) is 0.396. The molecule has 3 aromatic rings. The summed E-state index contributed by atoms with van der Waals surface area (Å²) in [6.07, 6.45) is -0.0741. The summed E-state index contributed by atoms with van der Waals surface area (Å²) >= 11 is 5.82. The number of aliphatic imine (C=N–C) groups is 1. The second-order valence-electron chi connectivity index (χ2n) is 9.53. The molecule has 0 aliphatic carbocycles. The highest BCUT2D eigenvalue weighted by molar-refractivity contribution is 6.30. The number of halogens is 3. The lowest BCUT2D eigenvalue weighted by molar-refractivity contribution is -0.138. The van der Waals surface area contributed by atoms with Gasteiger partial charge in [-0.3, -0.25) is 14.4 Å². The summed E-state index contributed by atoms with van der Waals surface area (Å²) in [4.78, 5) is 43.8. The van der Waals surface area contributed by atoms with Crippen molar-refractivity contribution in [2.24, 2.45) is 21.0 Å². The lowest BCUT2D eigenvalue weighted by atomic mass is 10.0. The Morgan fingerprint density at radius 1 is 1.20 bits per heavy atom. The lowest BCUT2D eigenvalue weighted by Gasteiger charge is -2.24. The average Bonchev–Trinajstić information content (AvgIpc) is 3.67. The molecule has 2 aliphatic rings. The fourth-order valence-corrected chi connectivity index (χ4v) is 5.13. The number of nitrogens with zero attached hydrogens (tertiary/aromatic N) is 5. The van der Waals surface area contributed by atoms with Crippen molar-refractivity contribution in [3.05, 3.63) is 64.6 Å². The molecule has 1 fully saturated rings. The molecule has 0 spiro atoms. The molecule has 1 saturated heterocycles. The molecule has 2 atom stereocenters. The van der Waals surface area contributed by atoms with Crippen LogP contribution in [0.1, 0.15) is 28.8 Å². The maximum atomic E-state index is 14.5. The molecule has 0 radical (unpaired) electrons. The smallest absolute Gasteiger partial charge is 0.250 e. The Bertz CT molecular complexity index is 1560. The Hall–Kier alpha value is -4.19. The maximum Gasteiger partial charge on any atom is 0.250 e. The second kappa shape index (κ2) is 11.5. The molecule has 2 amide bonds. The number of likely N-dealkylation sites (tertiary alicyclic amines) is 1. The molecule has 0 saturated carbocycles. The predicted octanol–water partition coefficient (Wildman–Crippen LogP) is 3.87. The van der Waals surface area contributed by atoms with Gasteiger partial charge < -0.3 is 19.9 Å². The Morgan fingerprint density at radius 2 is 2.02 bits per heavy atom. The van der Waals surface area contributed by atoms with Gasteiger partial charge in [0.2, 0.25) is 5.91 Å². The largest absolute Gasteiger partial charge is 0.485 e. The van der Waals surface area contributed by atoms with Crippen molar-refractivity contribution in [1.82, 2.24) is 9.47 Å². The normalized spacial score (nSPS) is 18.4. The van der Waals surface area contributed by atoms with E-state index in [9.17, 15) is 23.2 Å². The number of benzene rings is 2. The summed E-state index contributed by atoms with van der Waals surface area (Å²) < 4.78 is 36.0. The highest BCUT2D eigenvalue weighted by Gasteiger charge is 2.39. The van der Waals surface area contributed by atoms with Crippen LogP contribution in [0.15, 0.2) is 57.8 Å². The van der Waals surface area contributed by atoms with E-state index >= 15 is 0 Å². The number of aromatic nitrogens is 1. The van der Waals surface area contributed by atoms with Crippen molar-refractivity contribution in [3.63, 3.8) is 0 Å². The summed E-state index contributed by atoms with van der Waals surface area (Å²) in [6, 6.07) is 8.49. The lowest BCUT2D eigenvalue weighted by Crippen LogP contribution is -2.42. The molecule has 3 heterocycles. The first kappa shape index (κ1) is 27.4. The fraction of sp³-hybridized carbons (Fsp3) is 0.333. The van der Waals surface area contributed by atoms with Crippen LogP contribution in [0.5, 0.6) is 5.75 Å². The Balaban J connectivity index is 1.33. The molecule has 2 aliphatic heterocycles. The number of amidine groups is 1. The third-order valence-electron chi connectivity index (χ3n) is 6.91. The van der Waals surface area contributed by atoms with E-state index in [2.05, 4.69) is 15.2 Å². The van der Waals surface area contributed by atoms with Gasteiger partial charge >= 0.3 is 0 Å². The van der Waals surface area contributed by atoms with E-state index in [0.717, 1.165) is 0 Å². The number of amides is 2. The number of ether oxygens (including phenoxy) is 1. The number of hydrogen-bond acceptors (Lipinski definition) is 7. The van der Waals surface area contributed by atoms with Crippen LogP contribution in [-0.4, -0.2) is 64.9 Å². The SMILES string of the molecule is NC(=O)c1cn(CC(=O)N2C[C@H](F)C[C@H]2C(=O)CCc2cccc(Cl)c2F)c2cc(OCC3=NCN=N3)ccc12. The standard InChI is InChI=1S/C27H25ClF2N6O4/c28-20-3-1-2-15(26(20)30)4-7-23(37)22-8-16(29)10-36(22)25(38)12-35-11-19(27(31)39)18-6-5-17(9-21(18)35)40-13-24-32-14-33-34-24/h1-3,5-6,9,11,16,22H,4,7-8,10,12-14H2,(H2,31,39)/t16-,22+/m1/s1. The van der Waals surface area contributed by atoms with Crippen LogP contribution < -0.4 is 10.5 Å². The van der Waals surface area contributed by atoms with Crippen molar-refractivity contribution in [2.75, 3.05) is 19.8 Å². The third-order valence-corrected chi connectivity index (χ3v) is 7.20. The Morgan fingerprint density at radius 3 is 2.77 bits per heavy atom. The van der Waals surface area contributed by atoms with E-state index in [4.69, 9.17) is 22.1 Å². The average molecular weight is 571 g/mol. The molecule has 13 heteroatoms. The van der Waals surface area contributed by atoms with Gasteiger partial charge in [-0.05, 0) is 30.2 Å². The molecule has 0 bridgehead atoms. The Labute approximate surface area is 232 Å². The van der Waals surface area contributed by atoms with Gasteiger partial charge in [0.1, 0.15) is 30.9 Å². The van der Waals surface area contributed by atoms with Gasteiger partial charge in [0.15, 0.2) is 18.3 Å². The Kier molecular flexibility index (Phi) is 7.88. The molecule has 0 unspecified atom stereocenters. The van der Waals surface area contributed by atoms with Gasteiger partial charge in [-0.1, -0.05) is 23.7 Å². The van der Waals surface area contributed by atoms with Gasteiger partial charge in [-0.15, -0.1) is 5.11 Å². The zero-order valence-corrected chi connectivity index (χ0v) is 22.0. The van der Waals surface area contributed by atoms with E-state index in [1.54, 1.807) is 24.3 Å². The third kappa shape index (κ3) is 5.71. The number of ketones is 1. The summed E-state index contributed by atoms with van der Waals surface area (Å²) in [5, 5.41) is 8.08. The number of Topliss-reactive ketones (excluding diaryl/α,β-unsaturated/α-hetero) is 1. The number of carbonyl (C=O) groups excluding carboxylic acids is 3. The van der Waals surface area contributed by atoms with E-state index in [1.165, 1.54) is 27.8 Å². The van der Waals surface area contributed by atoms with Crippen LogP contribution in [-0.2, 0) is 22.6 Å². The van der Waals surface area contributed by atoms with Gasteiger partial charge in [-0.25, -0.2) is 13.8 Å². The number of fused-ring (bicyclic) bond motifs is 1. The van der Waals surface area contributed by atoms with E-state index in [-0.39, 0.29) is 67.6 Å². The van der Waals surface area contributed by atoms with Gasteiger partial charge in [0.05, 0.1) is 28.7 Å². The summed E-state index contributed by atoms with van der Waals surface area (Å²) in [6.45, 7) is -0.172. The number of hydrogen-bond donors (Lipinski definition) is 1. The second-order valence-corrected chi connectivity index (χ2v) is 9.94. The van der Waals surface area contributed by atoms with Gasteiger partial charge in [0, 0.05) is 30.5 Å². The molecule has 2 N–H and O–H groups in total. The summed E-state index contributed by atoms with van der Waals surface area (Å²) in [5.41, 5.74) is 6.52. The van der Waals surface area contributed by atoms with Crippen LogP contribution in [0.4, 0.5) is 8.78 Å². The zero-order chi connectivity index (χ0) is 28.4. The summed E-state index contributed by atoms with van der Waals surface area (Å²) in [5.74, 6) is -1.29. The maximum absolute atomic E-state index is 14.5. The number of alkyl halides is 1. The first-order valence-electron chi connectivity index (χ1n) is 12.6. The summed E-state index contributed by atoms with van der Waals surface area (Å²) in [7, 11) is 0. The topological polar surface area (TPSA) is 132 Å². The van der Waals surface area contributed by atoms with Crippen LogP contribution in [0, 0.1) is 5.82 Å². The van der Waals surface area contributed by atoms with Gasteiger partial charge in [-0.2, -0.15) is 5.11 Å². The molecular formula is C27H25ClF2N6O4. The number of azo groups is 1. The van der Waals surface area contributed by atoms with Crippen LogP contribution in [0.3, 0.4) is 0 Å². The number of aryl methyl sites for hydroxylation is 1. The van der Waals surface area contributed by atoms with Crippen LogP contribution in [0.25, 0.3) is 10.9 Å². The minimum Gasteiger partial charge on any atom is -0.485 e. The van der Waals surface area contributed by atoms with Crippen molar-refractivity contribution in [1.29, 1.82) is 0 Å². The number of carbonyl (C=O) groups is 3. The minimum atomic E-state index is -1.38. The monoisotopic (exact) mass is 570 g/mol. The fourth-order valence-electron chi connectivity index (χ4n) is 4.94. The molecular weight excluding hydrogens is 546 g/mol. The van der Waals surface area contributed by atoms with Crippen molar-refractivity contribution >= 4 is 45.9 Å².